The molecule has 182 valence electrons. The number of nitrogens with two attached hydrogens (primary N) is 1. The molecule has 2 aromatic rings. The van der Waals surface area contributed by atoms with Gasteiger partial charge in [-0.05, 0) is 76.3 Å². The van der Waals surface area contributed by atoms with Gasteiger partial charge in [-0.2, -0.15) is 0 Å². The van der Waals surface area contributed by atoms with Gasteiger partial charge < -0.3 is 20.3 Å². The molecule has 2 fully saturated rings. The summed E-state index contributed by atoms with van der Waals surface area (Å²) >= 11 is 0. The van der Waals surface area contributed by atoms with Crippen molar-refractivity contribution in [3.8, 4) is 5.75 Å². The first-order valence-electron chi connectivity index (χ1n) is 12.2. The normalized spacial score (nSPS) is 23.3. The Morgan fingerprint density at radius 2 is 1.68 bits per heavy atom. The van der Waals surface area contributed by atoms with Crippen molar-refractivity contribution in [1.29, 1.82) is 0 Å². The molecule has 0 saturated carbocycles. The topological polar surface area (TPSA) is 79.1 Å². The fourth-order valence-corrected chi connectivity index (χ4v) is 5.22. The molecule has 34 heavy (non-hydrogen) atoms. The van der Waals surface area contributed by atoms with Crippen LogP contribution in [-0.4, -0.2) is 78.9 Å². The molecule has 0 bridgehead atoms. The minimum absolute atomic E-state index is 0.0127. The summed E-state index contributed by atoms with van der Waals surface area (Å²) in [7, 11) is 3.95. The number of nitrogens with zero attached hydrogens (tertiary/aromatic N) is 3. The van der Waals surface area contributed by atoms with E-state index in [4.69, 9.17) is 10.5 Å². The van der Waals surface area contributed by atoms with Gasteiger partial charge >= 0.3 is 0 Å². The highest BCUT2D eigenvalue weighted by Crippen LogP contribution is 2.39. The van der Waals surface area contributed by atoms with E-state index in [0.717, 1.165) is 30.9 Å². The number of ether oxygens (including phenoxy) is 1. The number of primary amides is 1. The molecule has 2 heterocycles. The molecule has 0 aromatic heterocycles. The molecule has 2 aromatic carbocycles. The van der Waals surface area contributed by atoms with Gasteiger partial charge in [0.1, 0.15) is 18.4 Å². The van der Waals surface area contributed by atoms with Gasteiger partial charge in [0.2, 0.25) is 5.91 Å². The molecular weight excluding hydrogens is 428 g/mol. The van der Waals surface area contributed by atoms with Crippen LogP contribution < -0.4 is 10.5 Å². The molecule has 0 spiro atoms. The van der Waals surface area contributed by atoms with Crippen LogP contribution in [0.15, 0.2) is 54.6 Å². The maximum atomic E-state index is 13.7. The van der Waals surface area contributed by atoms with E-state index >= 15 is 0 Å². The summed E-state index contributed by atoms with van der Waals surface area (Å²) in [5.41, 5.74) is 7.29. The number of rotatable bonds is 8. The summed E-state index contributed by atoms with van der Waals surface area (Å²) < 4.78 is 5.92. The maximum absolute atomic E-state index is 13.7. The lowest BCUT2D eigenvalue weighted by atomic mass is 9.98. The van der Waals surface area contributed by atoms with E-state index in [1.807, 2.05) is 56.6 Å². The number of amides is 2. The first-order chi connectivity index (χ1) is 16.5. The van der Waals surface area contributed by atoms with Crippen molar-refractivity contribution < 1.29 is 14.3 Å². The smallest absolute Gasteiger partial charge is 0.255 e. The van der Waals surface area contributed by atoms with Gasteiger partial charge in [0.05, 0.1) is 6.04 Å². The van der Waals surface area contributed by atoms with Crippen LogP contribution in [0.5, 0.6) is 5.75 Å². The van der Waals surface area contributed by atoms with Crippen molar-refractivity contribution in [1.82, 2.24) is 14.7 Å². The summed E-state index contributed by atoms with van der Waals surface area (Å²) in [6.45, 7) is 3.83. The fourth-order valence-electron chi connectivity index (χ4n) is 5.22. The minimum Gasteiger partial charge on any atom is -0.492 e. The van der Waals surface area contributed by atoms with Crippen LogP contribution in [0, 0.1) is 0 Å². The first-order valence-corrected chi connectivity index (χ1v) is 12.2. The summed E-state index contributed by atoms with van der Waals surface area (Å²) in [6.07, 6.45) is 4.35. The Morgan fingerprint density at radius 1 is 1.00 bits per heavy atom. The molecule has 2 aliphatic heterocycles. The van der Waals surface area contributed by atoms with Crippen LogP contribution >= 0.6 is 0 Å². The zero-order valence-electron chi connectivity index (χ0n) is 20.2. The number of hydrogen-bond donors (Lipinski definition) is 1. The quantitative estimate of drug-likeness (QED) is 0.650. The predicted molar refractivity (Wildman–Crippen MR) is 133 cm³/mol. The van der Waals surface area contributed by atoms with E-state index in [2.05, 4.69) is 9.80 Å². The van der Waals surface area contributed by atoms with Gasteiger partial charge in [0, 0.05) is 18.2 Å². The maximum Gasteiger partial charge on any atom is 0.255 e. The summed E-state index contributed by atoms with van der Waals surface area (Å²) in [6, 6.07) is 16.2. The van der Waals surface area contributed by atoms with Gasteiger partial charge in [-0.15, -0.1) is 0 Å². The van der Waals surface area contributed by atoms with Crippen LogP contribution in [0.4, 0.5) is 0 Å². The lowest BCUT2D eigenvalue weighted by Gasteiger charge is -2.33. The van der Waals surface area contributed by atoms with Crippen molar-refractivity contribution in [3.05, 3.63) is 65.7 Å². The van der Waals surface area contributed by atoms with Gasteiger partial charge in [-0.3, -0.25) is 14.5 Å². The zero-order valence-corrected chi connectivity index (χ0v) is 20.2. The molecule has 7 heteroatoms. The van der Waals surface area contributed by atoms with Crippen molar-refractivity contribution in [3.63, 3.8) is 0 Å². The fraction of sp³-hybridized carbons (Fsp3) is 0.481. The Labute approximate surface area is 202 Å². The average Bonchev–Trinajstić information content (AvgIpc) is 3.27. The third-order valence-corrected chi connectivity index (χ3v) is 7.06. The summed E-state index contributed by atoms with van der Waals surface area (Å²) in [4.78, 5) is 32.3. The number of carbonyl (C=O) groups excluding carboxylic acids is 2. The third-order valence-electron chi connectivity index (χ3n) is 7.06. The van der Waals surface area contributed by atoms with Gasteiger partial charge in [-0.1, -0.05) is 36.8 Å². The molecule has 0 aliphatic carbocycles. The third kappa shape index (κ3) is 5.42. The predicted octanol–water partition coefficient (Wildman–Crippen LogP) is 2.92. The number of carbonyl (C=O) groups is 2. The molecule has 7 nitrogen and oxygen atoms in total. The van der Waals surface area contributed by atoms with Gasteiger partial charge in [0.25, 0.3) is 5.91 Å². The van der Waals surface area contributed by atoms with Crippen LogP contribution in [0.3, 0.4) is 0 Å². The second-order valence-electron chi connectivity index (χ2n) is 9.53. The van der Waals surface area contributed by atoms with Gasteiger partial charge in [0.15, 0.2) is 0 Å². The van der Waals surface area contributed by atoms with E-state index < -0.39 is 11.9 Å². The largest absolute Gasteiger partial charge is 0.492 e. The van der Waals surface area contributed by atoms with Crippen molar-refractivity contribution >= 4 is 11.8 Å². The average molecular weight is 465 g/mol. The van der Waals surface area contributed by atoms with E-state index in [-0.39, 0.29) is 18.0 Å². The molecule has 2 N–H and O–H groups in total. The van der Waals surface area contributed by atoms with Crippen LogP contribution in [0.25, 0.3) is 0 Å². The molecule has 3 atom stereocenters. The first kappa shape index (κ1) is 24.2. The number of likely N-dealkylation sites (tertiary alicyclic amines) is 2. The zero-order chi connectivity index (χ0) is 24.1. The van der Waals surface area contributed by atoms with E-state index in [0.29, 0.717) is 18.6 Å². The van der Waals surface area contributed by atoms with Crippen LogP contribution in [0.1, 0.15) is 47.6 Å². The van der Waals surface area contributed by atoms with Crippen molar-refractivity contribution in [2.24, 2.45) is 5.73 Å². The second-order valence-corrected chi connectivity index (χ2v) is 9.53. The number of likely N-dealkylation sites (N-methyl/N-ethyl adjacent to an activating group) is 1. The Kier molecular flexibility index (Phi) is 7.85. The van der Waals surface area contributed by atoms with Crippen LogP contribution in [-0.2, 0) is 4.79 Å². The molecule has 0 radical (unpaired) electrons. The summed E-state index contributed by atoms with van der Waals surface area (Å²) in [5.74, 6) is 0.0744. The van der Waals surface area contributed by atoms with E-state index in [1.165, 1.54) is 19.3 Å². The number of piperidine rings is 1. The molecule has 2 amide bonds. The van der Waals surface area contributed by atoms with Crippen molar-refractivity contribution in [2.75, 3.05) is 40.3 Å². The van der Waals surface area contributed by atoms with E-state index in [9.17, 15) is 9.59 Å². The molecule has 2 aliphatic rings. The highest BCUT2D eigenvalue weighted by atomic mass is 16.5. The Hall–Kier alpha value is -2.90. The van der Waals surface area contributed by atoms with Crippen molar-refractivity contribution in [2.45, 2.75) is 43.8 Å². The molecule has 4 rings (SSSR count). The number of hydrogen-bond acceptors (Lipinski definition) is 5. The monoisotopic (exact) mass is 464 g/mol. The Balaban J connectivity index is 1.50. The number of benzene rings is 2. The lowest BCUT2D eigenvalue weighted by Crippen LogP contribution is -2.45. The lowest BCUT2D eigenvalue weighted by molar-refractivity contribution is -0.122. The second kappa shape index (κ2) is 11.0. The minimum atomic E-state index is -0.662. The Morgan fingerprint density at radius 3 is 2.29 bits per heavy atom. The van der Waals surface area contributed by atoms with Gasteiger partial charge in [-0.25, -0.2) is 0 Å². The summed E-state index contributed by atoms with van der Waals surface area (Å²) in [5, 5.41) is 0. The highest BCUT2D eigenvalue weighted by Gasteiger charge is 2.47. The van der Waals surface area contributed by atoms with Crippen LogP contribution in [0.2, 0.25) is 0 Å². The SMILES string of the molecule is CN(C)[C@@H]1C[C@@H](C(N)=O)N(C(=O)c2ccc(OCCN3CCCCC3)cc2)[C@H]1c1ccccc1. The Bertz CT molecular complexity index is 958. The molecular formula is C27H36N4O3. The molecule has 2 saturated heterocycles. The molecule has 0 unspecified atom stereocenters. The highest BCUT2D eigenvalue weighted by molar-refractivity contribution is 5.98. The standard InChI is InChI=1S/C27H36N4O3/c1-29(2)23-19-24(26(28)32)31(25(23)20-9-5-3-6-10-20)27(33)21-11-13-22(14-12-21)34-18-17-30-15-7-4-8-16-30/h3,5-6,9-14,23-25H,4,7-8,15-19H2,1-2H3,(H2,28,32)/t23-,24+,25+/m1/s1. The van der Waals surface area contributed by atoms with E-state index in [1.54, 1.807) is 17.0 Å².